The van der Waals surface area contributed by atoms with E-state index in [0.29, 0.717) is 29.8 Å². The van der Waals surface area contributed by atoms with E-state index in [1.54, 1.807) is 18.4 Å². The highest BCUT2D eigenvalue weighted by molar-refractivity contribution is 7.99. The van der Waals surface area contributed by atoms with Gasteiger partial charge in [0.15, 0.2) is 16.7 Å². The number of nitrogens with zero attached hydrogens (tertiary/aromatic N) is 5. The Balaban J connectivity index is 1.65. The van der Waals surface area contributed by atoms with E-state index in [-0.39, 0.29) is 23.1 Å². The van der Waals surface area contributed by atoms with Gasteiger partial charge in [0.25, 0.3) is 5.56 Å². The van der Waals surface area contributed by atoms with Crippen molar-refractivity contribution in [2.75, 3.05) is 11.5 Å². The van der Waals surface area contributed by atoms with E-state index in [9.17, 15) is 14.4 Å². The number of aromatic nitrogens is 5. The number of thioether (sulfide) groups is 1. The van der Waals surface area contributed by atoms with Crippen LogP contribution in [-0.2, 0) is 20.1 Å². The predicted molar refractivity (Wildman–Crippen MR) is 134 cm³/mol. The summed E-state index contributed by atoms with van der Waals surface area (Å²) in [7, 11) is 1.34. The highest BCUT2D eigenvalue weighted by Gasteiger charge is 2.24. The second-order valence-electron chi connectivity index (χ2n) is 8.48. The van der Waals surface area contributed by atoms with Gasteiger partial charge >= 0.3 is 5.69 Å². The summed E-state index contributed by atoms with van der Waals surface area (Å²) >= 11 is 1.14. The van der Waals surface area contributed by atoms with Crippen LogP contribution in [0.5, 0.6) is 0 Å². The molecule has 4 rings (SSSR count). The number of ketones is 1. The molecule has 0 atom stereocenters. The van der Waals surface area contributed by atoms with Crippen molar-refractivity contribution in [2.24, 2.45) is 13.0 Å². The summed E-state index contributed by atoms with van der Waals surface area (Å²) in [5.74, 6) is 0.463. The number of furan rings is 1. The molecule has 35 heavy (non-hydrogen) atoms. The van der Waals surface area contributed by atoms with E-state index in [1.165, 1.54) is 11.6 Å². The molecule has 0 bridgehead atoms. The zero-order chi connectivity index (χ0) is 25.1. The fourth-order valence-electron chi connectivity index (χ4n) is 3.68. The zero-order valence-electron chi connectivity index (χ0n) is 19.7. The molecule has 4 aromatic rings. The average molecular weight is 495 g/mol. The fourth-order valence-corrected chi connectivity index (χ4v) is 4.49. The minimum atomic E-state index is -0.708. The summed E-state index contributed by atoms with van der Waals surface area (Å²) in [5.41, 5.74) is 5.72. The van der Waals surface area contributed by atoms with Crippen molar-refractivity contribution in [3.8, 4) is 11.6 Å². The lowest BCUT2D eigenvalue weighted by Crippen LogP contribution is -2.43. The Bertz CT molecular complexity index is 1450. The third-order valence-corrected chi connectivity index (χ3v) is 6.35. The summed E-state index contributed by atoms with van der Waals surface area (Å²) in [6.07, 6.45) is 1.55. The van der Waals surface area contributed by atoms with E-state index in [2.05, 4.69) is 10.2 Å². The summed E-state index contributed by atoms with van der Waals surface area (Å²) in [6, 6.07) is 13.3. The second kappa shape index (κ2) is 10.2. The third kappa shape index (κ3) is 4.99. The SMILES string of the molecule is CC(C)Cn1c(N)c(C(=O)CSc2nnc(-c3ccco3)n2Cc2ccccc2)c(=O)n(C)c1=O. The van der Waals surface area contributed by atoms with Crippen molar-refractivity contribution in [2.45, 2.75) is 32.1 Å². The van der Waals surface area contributed by atoms with Crippen molar-refractivity contribution < 1.29 is 9.21 Å². The Morgan fingerprint density at radius 3 is 2.49 bits per heavy atom. The average Bonchev–Trinajstić information content (AvgIpc) is 3.50. The van der Waals surface area contributed by atoms with Gasteiger partial charge in [-0.3, -0.25) is 23.3 Å². The zero-order valence-corrected chi connectivity index (χ0v) is 20.5. The summed E-state index contributed by atoms with van der Waals surface area (Å²) in [6.45, 7) is 4.60. The largest absolute Gasteiger partial charge is 0.461 e. The van der Waals surface area contributed by atoms with E-state index in [0.717, 1.165) is 21.9 Å². The van der Waals surface area contributed by atoms with E-state index in [1.807, 2.05) is 48.7 Å². The molecule has 182 valence electrons. The van der Waals surface area contributed by atoms with Crippen molar-refractivity contribution in [1.82, 2.24) is 23.9 Å². The molecule has 0 saturated heterocycles. The minimum Gasteiger partial charge on any atom is -0.461 e. The van der Waals surface area contributed by atoms with Crippen molar-refractivity contribution in [3.63, 3.8) is 0 Å². The standard InChI is InChI=1S/C24H26N6O4S/c1-15(2)12-29-20(25)19(22(32)28(3)24(29)33)17(31)14-35-23-27-26-21(18-10-7-11-34-18)30(23)13-16-8-5-4-6-9-16/h4-11,15H,12-14,25H2,1-3H3. The number of benzene rings is 1. The third-order valence-electron chi connectivity index (χ3n) is 5.38. The van der Waals surface area contributed by atoms with Gasteiger partial charge in [-0.2, -0.15) is 0 Å². The number of carbonyl (C=O) groups is 1. The van der Waals surface area contributed by atoms with Gasteiger partial charge in [0.05, 0.1) is 18.6 Å². The van der Waals surface area contributed by atoms with Gasteiger partial charge in [-0.15, -0.1) is 10.2 Å². The molecular formula is C24H26N6O4S. The smallest absolute Gasteiger partial charge is 0.332 e. The molecule has 3 aromatic heterocycles. The van der Waals surface area contributed by atoms with Gasteiger partial charge in [-0.25, -0.2) is 4.79 Å². The Hall–Kier alpha value is -3.86. The van der Waals surface area contributed by atoms with E-state index < -0.39 is 17.0 Å². The Morgan fingerprint density at radius 1 is 1.09 bits per heavy atom. The van der Waals surface area contributed by atoms with Gasteiger partial charge in [0, 0.05) is 13.6 Å². The Kier molecular flexibility index (Phi) is 7.06. The number of hydrogen-bond acceptors (Lipinski definition) is 8. The number of anilines is 1. The lowest BCUT2D eigenvalue weighted by atomic mass is 10.2. The van der Waals surface area contributed by atoms with Crippen LogP contribution in [0.25, 0.3) is 11.6 Å². The van der Waals surface area contributed by atoms with Crippen LogP contribution in [0, 0.1) is 5.92 Å². The van der Waals surface area contributed by atoms with Crippen LogP contribution >= 0.6 is 11.8 Å². The maximum atomic E-state index is 13.2. The van der Waals surface area contributed by atoms with Crippen molar-refractivity contribution in [1.29, 1.82) is 0 Å². The highest BCUT2D eigenvalue weighted by atomic mass is 32.2. The molecule has 0 aliphatic heterocycles. The van der Waals surface area contributed by atoms with E-state index in [4.69, 9.17) is 10.2 Å². The van der Waals surface area contributed by atoms with Gasteiger partial charge < -0.3 is 10.2 Å². The number of nitrogen functional groups attached to an aromatic ring is 1. The van der Waals surface area contributed by atoms with Gasteiger partial charge in [0.1, 0.15) is 11.4 Å². The van der Waals surface area contributed by atoms with Crippen LogP contribution in [-0.4, -0.2) is 35.4 Å². The molecule has 0 aliphatic carbocycles. The Morgan fingerprint density at radius 2 is 1.83 bits per heavy atom. The molecule has 11 heteroatoms. The molecule has 0 amide bonds. The quantitative estimate of drug-likeness (QED) is 0.278. The molecule has 0 spiro atoms. The van der Waals surface area contributed by atoms with Crippen LogP contribution in [0.2, 0.25) is 0 Å². The van der Waals surface area contributed by atoms with Crippen LogP contribution in [0.15, 0.2) is 67.9 Å². The maximum absolute atomic E-state index is 13.2. The van der Waals surface area contributed by atoms with E-state index >= 15 is 0 Å². The van der Waals surface area contributed by atoms with Crippen molar-refractivity contribution >= 4 is 23.4 Å². The van der Waals surface area contributed by atoms with Crippen LogP contribution in [0.1, 0.15) is 29.8 Å². The Labute approximate surface area is 205 Å². The highest BCUT2D eigenvalue weighted by Crippen LogP contribution is 2.26. The monoisotopic (exact) mass is 494 g/mol. The molecule has 1 aromatic carbocycles. The van der Waals surface area contributed by atoms with Crippen LogP contribution < -0.4 is 17.0 Å². The summed E-state index contributed by atoms with van der Waals surface area (Å²) < 4.78 is 9.56. The number of carbonyl (C=O) groups excluding carboxylic acids is 1. The van der Waals surface area contributed by atoms with Crippen LogP contribution in [0.4, 0.5) is 5.82 Å². The molecule has 0 unspecified atom stereocenters. The molecule has 0 fully saturated rings. The fraction of sp³-hybridized carbons (Fsp3) is 0.292. The van der Waals surface area contributed by atoms with Gasteiger partial charge in [-0.05, 0) is 23.6 Å². The van der Waals surface area contributed by atoms with Crippen LogP contribution in [0.3, 0.4) is 0 Å². The van der Waals surface area contributed by atoms with Gasteiger partial charge in [0.2, 0.25) is 5.82 Å². The maximum Gasteiger partial charge on any atom is 0.332 e. The molecule has 10 nitrogen and oxygen atoms in total. The number of hydrogen-bond donors (Lipinski definition) is 1. The molecule has 0 radical (unpaired) electrons. The topological polar surface area (TPSA) is 131 Å². The first-order chi connectivity index (χ1) is 16.8. The molecule has 0 saturated carbocycles. The summed E-state index contributed by atoms with van der Waals surface area (Å²) in [4.78, 5) is 38.5. The normalized spacial score (nSPS) is 11.3. The van der Waals surface area contributed by atoms with Gasteiger partial charge in [-0.1, -0.05) is 55.9 Å². The lowest BCUT2D eigenvalue weighted by molar-refractivity contribution is 0.102. The number of Topliss-reactive ketones (excluding diaryl/α,β-unsaturated/α-hetero) is 1. The lowest BCUT2D eigenvalue weighted by Gasteiger charge is -2.16. The first kappa shape index (κ1) is 24.3. The summed E-state index contributed by atoms with van der Waals surface area (Å²) in [5, 5.41) is 9.01. The first-order valence-electron chi connectivity index (χ1n) is 11.0. The minimum absolute atomic E-state index is 0.0985. The molecular weight excluding hydrogens is 468 g/mol. The number of rotatable bonds is 9. The first-order valence-corrected chi connectivity index (χ1v) is 12.0. The number of nitrogens with two attached hydrogens (primary N) is 1. The molecule has 2 N–H and O–H groups in total. The predicted octanol–water partition coefficient (Wildman–Crippen LogP) is 2.66. The van der Waals surface area contributed by atoms with Crippen molar-refractivity contribution in [3.05, 3.63) is 80.7 Å². The molecule has 3 heterocycles. The second-order valence-corrected chi connectivity index (χ2v) is 9.42. The molecule has 0 aliphatic rings.